The van der Waals surface area contributed by atoms with E-state index in [1.165, 1.54) is 17.7 Å². The van der Waals surface area contributed by atoms with Crippen molar-refractivity contribution in [3.8, 4) is 16.6 Å². The molecular formula is C21H14N4O2S. The molecule has 6 nitrogen and oxygen atoms in total. The number of aryl methyl sites for hydroxylation is 1. The van der Waals surface area contributed by atoms with E-state index in [9.17, 15) is 15.4 Å². The number of hydrogen-bond donors (Lipinski definition) is 1. The molecular weight excluding hydrogens is 372 g/mol. The van der Waals surface area contributed by atoms with Crippen LogP contribution < -0.4 is 5.32 Å². The Bertz CT molecular complexity index is 1240. The molecule has 0 aliphatic heterocycles. The number of rotatable bonds is 4. The van der Waals surface area contributed by atoms with E-state index < -0.39 is 4.92 Å². The summed E-state index contributed by atoms with van der Waals surface area (Å²) in [6.45, 7) is 2.06. The Labute approximate surface area is 164 Å². The van der Waals surface area contributed by atoms with Gasteiger partial charge >= 0.3 is 0 Å². The maximum absolute atomic E-state index is 10.9. The maximum Gasteiger partial charge on any atom is 0.270 e. The van der Waals surface area contributed by atoms with Crippen LogP contribution in [0.25, 0.3) is 20.8 Å². The summed E-state index contributed by atoms with van der Waals surface area (Å²) >= 11 is 1.65. The fourth-order valence-corrected chi connectivity index (χ4v) is 3.92. The van der Waals surface area contributed by atoms with Crippen molar-refractivity contribution >= 4 is 38.6 Å². The third kappa shape index (κ3) is 3.41. The number of non-ortho nitro benzene ring substituents is 1. The summed E-state index contributed by atoms with van der Waals surface area (Å²) < 4.78 is 1.15. The van der Waals surface area contributed by atoms with Gasteiger partial charge in [-0.2, -0.15) is 5.26 Å². The van der Waals surface area contributed by atoms with Crippen LogP contribution in [0.1, 0.15) is 11.1 Å². The predicted octanol–water partition coefficient (Wildman–Crippen LogP) is 5.80. The average Bonchev–Trinajstić information content (AvgIpc) is 3.11. The lowest BCUT2D eigenvalue weighted by atomic mass is 10.1. The first-order chi connectivity index (χ1) is 13.5. The number of nitrogens with zero attached hydrogens (tertiary/aromatic N) is 3. The van der Waals surface area contributed by atoms with E-state index in [1.807, 2.05) is 36.4 Å². The molecule has 4 rings (SSSR count). The molecule has 1 aromatic heterocycles. The van der Waals surface area contributed by atoms with Gasteiger partial charge < -0.3 is 5.32 Å². The highest BCUT2D eigenvalue weighted by Crippen LogP contribution is 2.32. The molecule has 136 valence electrons. The van der Waals surface area contributed by atoms with Gasteiger partial charge in [-0.15, -0.1) is 11.3 Å². The SMILES string of the molecule is Cc1ccc2nc(-c3ccc(Nc4ccc([N+](=O)[O-])cc4C#N)cc3)sc2c1. The Balaban J connectivity index is 1.60. The topological polar surface area (TPSA) is 91.8 Å². The smallest absolute Gasteiger partial charge is 0.270 e. The van der Waals surface area contributed by atoms with Crippen LogP contribution in [-0.4, -0.2) is 9.91 Å². The summed E-state index contributed by atoms with van der Waals surface area (Å²) in [6, 6.07) is 20.1. The Morgan fingerprint density at radius 3 is 2.61 bits per heavy atom. The number of thiazole rings is 1. The number of hydrogen-bond acceptors (Lipinski definition) is 6. The van der Waals surface area contributed by atoms with Crippen molar-refractivity contribution in [2.24, 2.45) is 0 Å². The first kappa shape index (κ1) is 17.6. The third-order valence-corrected chi connectivity index (χ3v) is 5.36. The van der Waals surface area contributed by atoms with Gasteiger partial charge in [0.05, 0.1) is 26.4 Å². The second kappa shape index (κ2) is 7.10. The Morgan fingerprint density at radius 2 is 1.89 bits per heavy atom. The monoisotopic (exact) mass is 386 g/mol. The van der Waals surface area contributed by atoms with E-state index in [1.54, 1.807) is 17.4 Å². The van der Waals surface area contributed by atoms with Crippen LogP contribution in [0.15, 0.2) is 60.7 Å². The van der Waals surface area contributed by atoms with Crippen LogP contribution in [0.5, 0.6) is 0 Å². The van der Waals surface area contributed by atoms with Gasteiger partial charge in [0, 0.05) is 23.4 Å². The molecule has 3 aromatic carbocycles. The van der Waals surface area contributed by atoms with Gasteiger partial charge in [0.1, 0.15) is 11.1 Å². The molecule has 0 spiro atoms. The van der Waals surface area contributed by atoms with Crippen LogP contribution in [0.2, 0.25) is 0 Å². The van der Waals surface area contributed by atoms with Crippen molar-refractivity contribution < 1.29 is 4.92 Å². The van der Waals surface area contributed by atoms with E-state index >= 15 is 0 Å². The van der Waals surface area contributed by atoms with Crippen molar-refractivity contribution in [2.45, 2.75) is 6.92 Å². The second-order valence-electron chi connectivity index (χ2n) is 6.29. The molecule has 0 atom stereocenters. The van der Waals surface area contributed by atoms with Gasteiger partial charge in [-0.25, -0.2) is 4.98 Å². The van der Waals surface area contributed by atoms with Gasteiger partial charge in [-0.05, 0) is 55.0 Å². The first-order valence-electron chi connectivity index (χ1n) is 8.47. The summed E-state index contributed by atoms with van der Waals surface area (Å²) in [5.74, 6) is 0. The van der Waals surface area contributed by atoms with Crippen LogP contribution in [0.4, 0.5) is 17.1 Å². The van der Waals surface area contributed by atoms with Crippen molar-refractivity contribution in [1.29, 1.82) is 5.26 Å². The van der Waals surface area contributed by atoms with Crippen LogP contribution in [0, 0.1) is 28.4 Å². The lowest BCUT2D eigenvalue weighted by molar-refractivity contribution is -0.384. The molecule has 0 unspecified atom stereocenters. The molecule has 0 bridgehead atoms. The molecule has 0 fully saturated rings. The largest absolute Gasteiger partial charge is 0.354 e. The van der Waals surface area contributed by atoms with Crippen molar-refractivity contribution in [3.63, 3.8) is 0 Å². The lowest BCUT2D eigenvalue weighted by Crippen LogP contribution is -1.96. The highest BCUT2D eigenvalue weighted by molar-refractivity contribution is 7.21. The summed E-state index contributed by atoms with van der Waals surface area (Å²) in [4.78, 5) is 15.0. The number of nitriles is 1. The van der Waals surface area contributed by atoms with Gasteiger partial charge in [0.2, 0.25) is 0 Å². The number of nitro groups is 1. The van der Waals surface area contributed by atoms with Crippen molar-refractivity contribution in [3.05, 3.63) is 81.9 Å². The third-order valence-electron chi connectivity index (χ3n) is 4.29. The van der Waals surface area contributed by atoms with Crippen LogP contribution in [-0.2, 0) is 0 Å². The van der Waals surface area contributed by atoms with Gasteiger partial charge in [0.15, 0.2) is 0 Å². The second-order valence-corrected chi connectivity index (χ2v) is 7.32. The van der Waals surface area contributed by atoms with E-state index in [0.717, 1.165) is 26.5 Å². The van der Waals surface area contributed by atoms with Crippen molar-refractivity contribution in [2.75, 3.05) is 5.32 Å². The summed E-state index contributed by atoms with van der Waals surface area (Å²) in [7, 11) is 0. The van der Waals surface area contributed by atoms with E-state index in [2.05, 4.69) is 29.4 Å². The normalized spacial score (nSPS) is 10.6. The molecule has 4 aromatic rings. The highest BCUT2D eigenvalue weighted by Gasteiger charge is 2.11. The fraction of sp³-hybridized carbons (Fsp3) is 0.0476. The molecule has 7 heteroatoms. The quantitative estimate of drug-likeness (QED) is 0.354. The van der Waals surface area contributed by atoms with Crippen LogP contribution in [0.3, 0.4) is 0 Å². The Kier molecular flexibility index (Phi) is 4.47. The van der Waals surface area contributed by atoms with E-state index in [0.29, 0.717) is 5.69 Å². The molecule has 1 N–H and O–H groups in total. The maximum atomic E-state index is 10.9. The first-order valence-corrected chi connectivity index (χ1v) is 9.28. The van der Waals surface area contributed by atoms with Crippen LogP contribution >= 0.6 is 11.3 Å². The van der Waals surface area contributed by atoms with Gasteiger partial charge in [0.25, 0.3) is 5.69 Å². The van der Waals surface area contributed by atoms with E-state index in [-0.39, 0.29) is 11.3 Å². The summed E-state index contributed by atoms with van der Waals surface area (Å²) in [5, 5.41) is 24.2. The minimum atomic E-state index is -0.515. The standard InChI is InChI=1S/C21H14N4O2S/c1-13-2-8-19-20(10-13)28-21(24-19)14-3-5-16(6-4-14)23-18-9-7-17(25(26)27)11-15(18)12-22/h2-11,23H,1H3. The fourth-order valence-electron chi connectivity index (χ4n) is 2.85. The predicted molar refractivity (Wildman–Crippen MR) is 111 cm³/mol. The summed E-state index contributed by atoms with van der Waals surface area (Å²) in [5.41, 5.74) is 4.62. The average molecular weight is 386 g/mol. The summed E-state index contributed by atoms with van der Waals surface area (Å²) in [6.07, 6.45) is 0. The molecule has 0 aliphatic rings. The molecule has 0 amide bonds. The van der Waals surface area contributed by atoms with E-state index in [4.69, 9.17) is 0 Å². The molecule has 28 heavy (non-hydrogen) atoms. The number of nitrogens with one attached hydrogen (secondary N) is 1. The Morgan fingerprint density at radius 1 is 1.11 bits per heavy atom. The molecule has 0 radical (unpaired) electrons. The van der Waals surface area contributed by atoms with Gasteiger partial charge in [-0.1, -0.05) is 6.07 Å². The van der Waals surface area contributed by atoms with Crippen molar-refractivity contribution in [1.82, 2.24) is 4.98 Å². The zero-order valence-corrected chi connectivity index (χ0v) is 15.7. The molecule has 0 saturated heterocycles. The Hall–Kier alpha value is -3.76. The zero-order chi connectivity index (χ0) is 19.7. The molecule has 0 saturated carbocycles. The number of nitro benzene ring substituents is 1. The minimum absolute atomic E-state index is 0.108. The number of anilines is 2. The molecule has 0 aliphatic carbocycles. The highest BCUT2D eigenvalue weighted by atomic mass is 32.1. The zero-order valence-electron chi connectivity index (χ0n) is 14.8. The minimum Gasteiger partial charge on any atom is -0.354 e. The molecule has 1 heterocycles. The van der Waals surface area contributed by atoms with Gasteiger partial charge in [-0.3, -0.25) is 10.1 Å². The number of fused-ring (bicyclic) bond motifs is 1. The lowest BCUT2D eigenvalue weighted by Gasteiger charge is -2.08. The number of aromatic nitrogens is 1. The number of benzene rings is 3.